The molecule has 7 nitrogen and oxygen atoms in total. The molecule has 1 aliphatic heterocycles. The van der Waals surface area contributed by atoms with Crippen LogP contribution in [0.3, 0.4) is 0 Å². The number of benzene rings is 1. The summed E-state index contributed by atoms with van der Waals surface area (Å²) in [5.74, 6) is -3.02. The van der Waals surface area contributed by atoms with Crippen LogP contribution in [0, 0.1) is 11.6 Å². The minimum atomic E-state index is -3.79. The van der Waals surface area contributed by atoms with Crippen LogP contribution in [0.4, 0.5) is 14.5 Å². The number of carbonyl (C=O) groups excluding carboxylic acids is 2. The Hall–Kier alpha value is -2.07. The Morgan fingerprint density at radius 2 is 1.80 bits per heavy atom. The average molecular weight is 444 g/mol. The largest absolute Gasteiger partial charge is 0.351 e. The first kappa shape index (κ1) is 22.6. The summed E-state index contributed by atoms with van der Waals surface area (Å²) in [5, 5.41) is 2.92. The van der Waals surface area contributed by atoms with E-state index in [2.05, 4.69) is 5.32 Å². The molecule has 1 heterocycles. The minimum Gasteiger partial charge on any atom is -0.351 e. The van der Waals surface area contributed by atoms with E-state index in [1.165, 1.54) is 6.92 Å². The lowest BCUT2D eigenvalue weighted by Crippen LogP contribution is -2.70. The van der Waals surface area contributed by atoms with Crippen LogP contribution in [0.15, 0.2) is 18.2 Å². The second-order valence-electron chi connectivity index (χ2n) is 8.29. The Labute approximate surface area is 175 Å². The predicted octanol–water partition coefficient (Wildman–Crippen LogP) is 2.17. The molecule has 0 radical (unpaired) electrons. The standard InChI is InChI=1S/C20H27F2N3O4S/c1-20(19(27)23-15-7-5-3-4-6-8-15)13-24(30(2,28)29)12-18(26)25(20)17-11-14(21)9-10-16(17)22/h9-11,15H,3-8,12-13H2,1-2H3,(H,23,27)/t20-/m1/s1. The van der Waals surface area contributed by atoms with Crippen molar-refractivity contribution in [2.45, 2.75) is 57.0 Å². The number of nitrogens with zero attached hydrogens (tertiary/aromatic N) is 2. The summed E-state index contributed by atoms with van der Waals surface area (Å²) in [6, 6.07) is 2.53. The number of hydrogen-bond donors (Lipinski definition) is 1. The summed E-state index contributed by atoms with van der Waals surface area (Å²) in [5.41, 5.74) is -2.12. The minimum absolute atomic E-state index is 0.111. The molecule has 1 aromatic carbocycles. The van der Waals surface area contributed by atoms with Gasteiger partial charge in [-0.25, -0.2) is 17.2 Å². The zero-order valence-electron chi connectivity index (χ0n) is 17.2. The van der Waals surface area contributed by atoms with Crippen molar-refractivity contribution in [3.8, 4) is 0 Å². The van der Waals surface area contributed by atoms with Crippen LogP contribution in [-0.4, -0.2) is 55.5 Å². The smallest absolute Gasteiger partial charge is 0.247 e. The van der Waals surface area contributed by atoms with E-state index in [4.69, 9.17) is 0 Å². The van der Waals surface area contributed by atoms with Gasteiger partial charge in [0.25, 0.3) is 0 Å². The highest BCUT2D eigenvalue weighted by atomic mass is 32.2. The van der Waals surface area contributed by atoms with Gasteiger partial charge < -0.3 is 5.32 Å². The van der Waals surface area contributed by atoms with Crippen molar-refractivity contribution in [3.63, 3.8) is 0 Å². The van der Waals surface area contributed by atoms with Crippen LogP contribution in [0.2, 0.25) is 0 Å². The van der Waals surface area contributed by atoms with Crippen LogP contribution >= 0.6 is 0 Å². The van der Waals surface area contributed by atoms with E-state index in [-0.39, 0.29) is 18.3 Å². The lowest BCUT2D eigenvalue weighted by atomic mass is 9.93. The normalized spacial score (nSPS) is 24.5. The van der Waals surface area contributed by atoms with E-state index in [0.29, 0.717) is 0 Å². The Kier molecular flexibility index (Phi) is 6.47. The van der Waals surface area contributed by atoms with Crippen LogP contribution in [0.5, 0.6) is 0 Å². The van der Waals surface area contributed by atoms with E-state index in [1.54, 1.807) is 0 Å². The van der Waals surface area contributed by atoms with Crippen molar-refractivity contribution in [1.82, 2.24) is 9.62 Å². The molecule has 30 heavy (non-hydrogen) atoms. The molecule has 0 aromatic heterocycles. The van der Waals surface area contributed by atoms with Gasteiger partial charge in [0.15, 0.2) is 0 Å². The monoisotopic (exact) mass is 443 g/mol. The van der Waals surface area contributed by atoms with E-state index >= 15 is 0 Å². The van der Waals surface area contributed by atoms with Crippen molar-refractivity contribution in [3.05, 3.63) is 29.8 Å². The van der Waals surface area contributed by atoms with Crippen molar-refractivity contribution in [2.75, 3.05) is 24.2 Å². The number of piperazine rings is 1. The molecule has 166 valence electrons. The van der Waals surface area contributed by atoms with Gasteiger partial charge in [-0.2, -0.15) is 4.31 Å². The highest BCUT2D eigenvalue weighted by molar-refractivity contribution is 7.88. The van der Waals surface area contributed by atoms with Gasteiger partial charge in [-0.05, 0) is 31.9 Å². The molecule has 1 aromatic rings. The van der Waals surface area contributed by atoms with Gasteiger partial charge in [0.05, 0.1) is 18.5 Å². The van der Waals surface area contributed by atoms with Crippen molar-refractivity contribution in [2.24, 2.45) is 0 Å². The molecule has 1 saturated heterocycles. The molecule has 1 aliphatic carbocycles. The van der Waals surface area contributed by atoms with Crippen LogP contribution in [-0.2, 0) is 19.6 Å². The maximum atomic E-state index is 14.6. The van der Waals surface area contributed by atoms with Crippen molar-refractivity contribution in [1.29, 1.82) is 0 Å². The maximum absolute atomic E-state index is 14.6. The molecule has 1 saturated carbocycles. The second kappa shape index (κ2) is 8.58. The summed E-state index contributed by atoms with van der Waals surface area (Å²) < 4.78 is 53.6. The zero-order valence-corrected chi connectivity index (χ0v) is 18.0. The quantitative estimate of drug-likeness (QED) is 0.723. The van der Waals surface area contributed by atoms with Gasteiger partial charge in [-0.3, -0.25) is 14.5 Å². The summed E-state index contributed by atoms with van der Waals surface area (Å²) in [6.07, 6.45) is 6.56. The number of anilines is 1. The topological polar surface area (TPSA) is 86.8 Å². The number of carbonyl (C=O) groups is 2. The molecular weight excluding hydrogens is 416 g/mol. The first-order valence-electron chi connectivity index (χ1n) is 10.1. The Morgan fingerprint density at radius 3 is 2.40 bits per heavy atom. The number of rotatable bonds is 4. The zero-order chi connectivity index (χ0) is 22.1. The van der Waals surface area contributed by atoms with Crippen molar-refractivity contribution >= 4 is 27.5 Å². The first-order valence-corrected chi connectivity index (χ1v) is 11.9. The third-order valence-electron chi connectivity index (χ3n) is 5.84. The molecule has 2 amide bonds. The fourth-order valence-corrected chi connectivity index (χ4v) is 5.03. The average Bonchev–Trinajstić information content (AvgIpc) is 2.92. The van der Waals surface area contributed by atoms with Crippen LogP contribution in [0.25, 0.3) is 0 Å². The summed E-state index contributed by atoms with van der Waals surface area (Å²) in [4.78, 5) is 27.2. The molecular formula is C20H27F2N3O4S. The van der Waals surface area contributed by atoms with E-state index in [1.807, 2.05) is 0 Å². The molecule has 2 fully saturated rings. The first-order chi connectivity index (χ1) is 14.0. The van der Waals surface area contributed by atoms with Gasteiger partial charge in [-0.1, -0.05) is 25.7 Å². The lowest BCUT2D eigenvalue weighted by molar-refractivity contribution is -0.133. The SMILES string of the molecule is C[C@]1(C(=O)NC2CCCCCC2)CN(S(C)(=O)=O)CC(=O)N1c1cc(F)ccc1F. The van der Waals surface area contributed by atoms with Crippen LogP contribution in [0.1, 0.15) is 45.4 Å². The lowest BCUT2D eigenvalue weighted by Gasteiger charge is -2.46. The molecule has 0 bridgehead atoms. The van der Waals surface area contributed by atoms with Gasteiger partial charge in [0, 0.05) is 18.7 Å². The molecule has 1 N–H and O–H groups in total. The van der Waals surface area contributed by atoms with Gasteiger partial charge in [0.1, 0.15) is 17.2 Å². The molecule has 0 unspecified atom stereocenters. The molecule has 0 spiro atoms. The highest BCUT2D eigenvalue weighted by Crippen LogP contribution is 2.33. The number of amides is 2. The fraction of sp³-hybridized carbons (Fsp3) is 0.600. The third kappa shape index (κ3) is 4.64. The highest BCUT2D eigenvalue weighted by Gasteiger charge is 2.51. The maximum Gasteiger partial charge on any atom is 0.247 e. The Morgan fingerprint density at radius 1 is 1.17 bits per heavy atom. The third-order valence-corrected chi connectivity index (χ3v) is 7.03. The van der Waals surface area contributed by atoms with E-state index in [9.17, 15) is 26.8 Å². The van der Waals surface area contributed by atoms with Crippen LogP contribution < -0.4 is 10.2 Å². The van der Waals surface area contributed by atoms with E-state index < -0.39 is 45.6 Å². The summed E-state index contributed by atoms with van der Waals surface area (Å²) >= 11 is 0. The van der Waals surface area contributed by atoms with E-state index in [0.717, 1.165) is 72.2 Å². The second-order valence-corrected chi connectivity index (χ2v) is 10.3. The predicted molar refractivity (Wildman–Crippen MR) is 108 cm³/mol. The van der Waals surface area contributed by atoms with Gasteiger partial charge in [0.2, 0.25) is 21.8 Å². The number of hydrogen-bond acceptors (Lipinski definition) is 4. The molecule has 10 heteroatoms. The Balaban J connectivity index is 2.01. The molecule has 1 atom stereocenters. The molecule has 2 aliphatic rings. The molecule has 3 rings (SSSR count). The van der Waals surface area contributed by atoms with Crippen molar-refractivity contribution < 1.29 is 26.8 Å². The Bertz CT molecular complexity index is 932. The van der Waals surface area contributed by atoms with Gasteiger partial charge >= 0.3 is 0 Å². The number of halogens is 2. The fourth-order valence-electron chi connectivity index (χ4n) is 4.20. The van der Waals surface area contributed by atoms with Gasteiger partial charge in [-0.15, -0.1) is 0 Å². The number of sulfonamides is 1. The summed E-state index contributed by atoms with van der Waals surface area (Å²) in [6.45, 7) is 0.478. The number of nitrogens with one attached hydrogen (secondary N) is 1. The summed E-state index contributed by atoms with van der Waals surface area (Å²) in [7, 11) is -3.79.